The number of hydrogen-bond acceptors (Lipinski definition) is 4. The van der Waals surface area contributed by atoms with Gasteiger partial charge in [-0.15, -0.1) is 0 Å². The first-order chi connectivity index (χ1) is 8.39. The van der Waals surface area contributed by atoms with Crippen LogP contribution in [0.2, 0.25) is 0 Å². The van der Waals surface area contributed by atoms with E-state index in [-0.39, 0.29) is 11.3 Å². The van der Waals surface area contributed by atoms with E-state index < -0.39 is 9.84 Å². The van der Waals surface area contributed by atoms with Gasteiger partial charge < -0.3 is 5.73 Å². The minimum atomic E-state index is -2.91. The summed E-state index contributed by atoms with van der Waals surface area (Å²) in [5.74, 6) is 0. The highest BCUT2D eigenvalue weighted by atomic mass is 32.2. The molecular weight excluding hydrogens is 248 g/mol. The maximum atomic E-state index is 11.8. The molecule has 0 aromatic heterocycles. The molecule has 2 aliphatic rings. The molecule has 0 spiro atoms. The van der Waals surface area contributed by atoms with E-state index in [1.54, 1.807) is 0 Å². The molecule has 18 heavy (non-hydrogen) atoms. The van der Waals surface area contributed by atoms with E-state index in [9.17, 15) is 8.42 Å². The lowest BCUT2D eigenvalue weighted by Gasteiger charge is -2.39. The number of nitrogens with zero attached hydrogens (tertiary/aromatic N) is 1. The molecule has 2 rings (SSSR count). The average Bonchev–Trinajstić information content (AvgIpc) is 2.77. The van der Waals surface area contributed by atoms with E-state index in [0.29, 0.717) is 12.1 Å². The average molecular weight is 274 g/mol. The third kappa shape index (κ3) is 3.06. The molecule has 5 heteroatoms. The topological polar surface area (TPSA) is 63.4 Å². The first-order valence-corrected chi connectivity index (χ1v) is 9.01. The van der Waals surface area contributed by atoms with Crippen LogP contribution in [0.25, 0.3) is 0 Å². The fourth-order valence-corrected chi connectivity index (χ4v) is 5.14. The molecule has 0 aromatic carbocycles. The van der Waals surface area contributed by atoms with Gasteiger partial charge in [-0.25, -0.2) is 8.42 Å². The van der Waals surface area contributed by atoms with Crippen LogP contribution in [0.5, 0.6) is 0 Å². The van der Waals surface area contributed by atoms with Crippen LogP contribution in [0.3, 0.4) is 0 Å². The van der Waals surface area contributed by atoms with Crippen LogP contribution in [0.4, 0.5) is 0 Å². The van der Waals surface area contributed by atoms with Crippen LogP contribution in [0.1, 0.15) is 44.9 Å². The molecule has 0 bridgehead atoms. The third-order valence-electron chi connectivity index (χ3n) is 4.81. The maximum Gasteiger partial charge on any atom is 0.151 e. The van der Waals surface area contributed by atoms with E-state index in [2.05, 4.69) is 11.9 Å². The summed E-state index contributed by atoms with van der Waals surface area (Å²) in [6, 6.07) is 1.10. The lowest BCUT2D eigenvalue weighted by Crippen LogP contribution is -2.48. The third-order valence-corrected chi connectivity index (χ3v) is 6.46. The highest BCUT2D eigenvalue weighted by Gasteiger charge is 2.39. The number of nitrogens with two attached hydrogens (primary N) is 1. The largest absolute Gasteiger partial charge is 0.328 e. The Balaban J connectivity index is 2.02. The number of hydrogen-bond donors (Lipinski definition) is 1. The second-order valence-corrected chi connectivity index (χ2v) is 8.36. The van der Waals surface area contributed by atoms with Crippen molar-refractivity contribution in [2.75, 3.05) is 13.3 Å². The molecular formula is C13H26N2O2S. The highest BCUT2D eigenvalue weighted by Crippen LogP contribution is 2.32. The zero-order valence-corrected chi connectivity index (χ0v) is 12.3. The zero-order valence-electron chi connectivity index (χ0n) is 11.5. The van der Waals surface area contributed by atoms with Gasteiger partial charge in [-0.2, -0.15) is 0 Å². The van der Waals surface area contributed by atoms with E-state index in [4.69, 9.17) is 5.73 Å². The Kier molecular flexibility index (Phi) is 4.34. The Morgan fingerprint density at radius 3 is 2.22 bits per heavy atom. The molecule has 0 aromatic rings. The summed E-state index contributed by atoms with van der Waals surface area (Å²) in [6.45, 7) is 0. The van der Waals surface area contributed by atoms with E-state index in [0.717, 1.165) is 44.9 Å². The summed E-state index contributed by atoms with van der Waals surface area (Å²) in [6.07, 6.45) is 8.67. The quantitative estimate of drug-likeness (QED) is 0.838. The first kappa shape index (κ1) is 14.3. The summed E-state index contributed by atoms with van der Waals surface area (Å²) in [4.78, 5) is 2.34. The molecule has 2 unspecified atom stereocenters. The van der Waals surface area contributed by atoms with Gasteiger partial charge in [-0.05, 0) is 45.6 Å². The van der Waals surface area contributed by atoms with Crippen molar-refractivity contribution in [2.24, 2.45) is 5.73 Å². The fraction of sp³-hybridized carbons (Fsp3) is 1.00. The van der Waals surface area contributed by atoms with E-state index >= 15 is 0 Å². The summed E-state index contributed by atoms with van der Waals surface area (Å²) in [5.41, 5.74) is 5.93. The molecule has 0 aliphatic heterocycles. The van der Waals surface area contributed by atoms with E-state index in [1.807, 2.05) is 0 Å². The molecule has 2 N–H and O–H groups in total. The Morgan fingerprint density at radius 2 is 1.67 bits per heavy atom. The summed E-state index contributed by atoms with van der Waals surface area (Å²) < 4.78 is 23.7. The molecule has 2 fully saturated rings. The molecule has 2 saturated carbocycles. The highest BCUT2D eigenvalue weighted by molar-refractivity contribution is 7.91. The van der Waals surface area contributed by atoms with Gasteiger partial charge in [0.25, 0.3) is 0 Å². The van der Waals surface area contributed by atoms with Gasteiger partial charge >= 0.3 is 0 Å². The smallest absolute Gasteiger partial charge is 0.151 e. The van der Waals surface area contributed by atoms with Crippen LogP contribution in [0.15, 0.2) is 0 Å². The normalized spacial score (nSPS) is 38.2. The monoisotopic (exact) mass is 274 g/mol. The van der Waals surface area contributed by atoms with Gasteiger partial charge in [0, 0.05) is 24.4 Å². The molecule has 0 amide bonds. The SMILES string of the molecule is CN(C1CCC(N)CC1)C1CCCC1S(C)(=O)=O. The predicted molar refractivity (Wildman–Crippen MR) is 74.3 cm³/mol. The van der Waals surface area contributed by atoms with Crippen LogP contribution in [-0.2, 0) is 9.84 Å². The van der Waals surface area contributed by atoms with Crippen molar-refractivity contribution in [2.45, 2.75) is 68.3 Å². The Labute approximate surface area is 111 Å². The minimum Gasteiger partial charge on any atom is -0.328 e. The maximum absolute atomic E-state index is 11.8. The molecule has 0 saturated heterocycles. The summed E-state index contributed by atoms with van der Waals surface area (Å²) in [5, 5.41) is -0.155. The number of rotatable bonds is 3. The van der Waals surface area contributed by atoms with Crippen molar-refractivity contribution in [1.82, 2.24) is 4.90 Å². The molecule has 2 atom stereocenters. The van der Waals surface area contributed by atoms with Crippen molar-refractivity contribution in [3.05, 3.63) is 0 Å². The second kappa shape index (κ2) is 5.47. The van der Waals surface area contributed by atoms with Gasteiger partial charge in [0.05, 0.1) is 5.25 Å². The van der Waals surface area contributed by atoms with Gasteiger partial charge in [0.1, 0.15) is 0 Å². The molecule has 2 aliphatic carbocycles. The van der Waals surface area contributed by atoms with Crippen LogP contribution in [-0.4, -0.2) is 50.0 Å². The minimum absolute atomic E-state index is 0.155. The van der Waals surface area contributed by atoms with Gasteiger partial charge in [-0.3, -0.25) is 4.90 Å². The molecule has 0 heterocycles. The van der Waals surface area contributed by atoms with E-state index in [1.165, 1.54) is 6.26 Å². The Morgan fingerprint density at radius 1 is 1.06 bits per heavy atom. The van der Waals surface area contributed by atoms with Crippen LogP contribution in [0, 0.1) is 0 Å². The first-order valence-electron chi connectivity index (χ1n) is 7.06. The standard InChI is InChI=1S/C13H26N2O2S/c1-15(11-8-6-10(14)7-9-11)12-4-3-5-13(12)18(2,16)17/h10-13H,3-9,14H2,1-2H3. The van der Waals surface area contributed by atoms with Crippen molar-refractivity contribution in [3.63, 3.8) is 0 Å². The van der Waals surface area contributed by atoms with Crippen molar-refractivity contribution in [3.8, 4) is 0 Å². The summed E-state index contributed by atoms with van der Waals surface area (Å²) >= 11 is 0. The van der Waals surface area contributed by atoms with Crippen LogP contribution >= 0.6 is 0 Å². The van der Waals surface area contributed by atoms with Gasteiger partial charge in [0.15, 0.2) is 9.84 Å². The predicted octanol–water partition coefficient (Wildman–Crippen LogP) is 1.15. The fourth-order valence-electron chi connectivity index (χ4n) is 3.65. The Bertz CT molecular complexity index is 374. The summed E-state index contributed by atoms with van der Waals surface area (Å²) in [7, 11) is -0.806. The zero-order chi connectivity index (χ0) is 13.3. The molecule has 0 radical (unpaired) electrons. The van der Waals surface area contributed by atoms with Crippen molar-refractivity contribution in [1.29, 1.82) is 0 Å². The van der Waals surface area contributed by atoms with Crippen molar-refractivity contribution >= 4 is 9.84 Å². The lowest BCUT2D eigenvalue weighted by molar-refractivity contribution is 0.135. The van der Waals surface area contributed by atoms with Gasteiger partial charge in [0.2, 0.25) is 0 Å². The van der Waals surface area contributed by atoms with Crippen molar-refractivity contribution < 1.29 is 8.42 Å². The molecule has 106 valence electrons. The van der Waals surface area contributed by atoms with Crippen LogP contribution < -0.4 is 5.73 Å². The number of sulfone groups is 1. The lowest BCUT2D eigenvalue weighted by atomic mass is 9.90. The second-order valence-electron chi connectivity index (χ2n) is 6.10. The molecule has 4 nitrogen and oxygen atoms in total. The van der Waals surface area contributed by atoms with Gasteiger partial charge in [-0.1, -0.05) is 6.42 Å². The Hall–Kier alpha value is -0.130.